The molecule has 0 aromatic heterocycles. The van der Waals surface area contributed by atoms with Crippen molar-refractivity contribution in [3.63, 3.8) is 0 Å². The summed E-state index contributed by atoms with van der Waals surface area (Å²) in [6.07, 6.45) is -3.26. The number of carbonyl (C=O) groups excluding carboxylic acids is 1. The Bertz CT molecular complexity index is 535. The van der Waals surface area contributed by atoms with Gasteiger partial charge in [0, 0.05) is 18.2 Å². The Balaban J connectivity index is 3.04. The van der Waals surface area contributed by atoms with E-state index in [0.717, 1.165) is 17.8 Å². The zero-order valence-electron chi connectivity index (χ0n) is 10.3. The predicted molar refractivity (Wildman–Crippen MR) is 67.4 cm³/mol. The summed E-state index contributed by atoms with van der Waals surface area (Å²) in [5.41, 5.74) is -1.74. The van der Waals surface area contributed by atoms with Crippen LogP contribution >= 0.6 is 11.8 Å². The Labute approximate surface area is 117 Å². The van der Waals surface area contributed by atoms with Crippen molar-refractivity contribution < 1.29 is 33.7 Å². The van der Waals surface area contributed by atoms with E-state index in [1.807, 2.05) is 0 Å². The molecule has 0 amide bonds. The minimum Gasteiger partial charge on any atom is -0.477 e. The molecule has 0 aliphatic carbocycles. The predicted octanol–water partition coefficient (Wildman–Crippen LogP) is 1.34. The molecule has 0 fully saturated rings. The molecule has 110 valence electrons. The maximum Gasteiger partial charge on any atom is 0.341 e. The number of carboxylic acid groups (broad SMARTS) is 1. The van der Waals surface area contributed by atoms with Gasteiger partial charge < -0.3 is 15.3 Å². The van der Waals surface area contributed by atoms with Crippen LogP contribution in [0.15, 0.2) is 12.1 Å². The largest absolute Gasteiger partial charge is 0.477 e. The summed E-state index contributed by atoms with van der Waals surface area (Å²) in [6, 6.07) is 1.54. The second kappa shape index (κ2) is 6.78. The molecule has 20 heavy (non-hydrogen) atoms. The fourth-order valence-corrected chi connectivity index (χ4v) is 2.08. The summed E-state index contributed by atoms with van der Waals surface area (Å²) in [5.74, 6) is -4.74. The van der Waals surface area contributed by atoms with E-state index < -0.39 is 40.9 Å². The molecule has 0 aliphatic rings. The molecule has 3 N–H and O–H groups in total. The number of carboxylic acids is 1. The molecular formula is C12H12F2O5S. The topological polar surface area (TPSA) is 94.8 Å². The molecule has 0 radical (unpaired) electrons. The number of aliphatic hydroxyl groups is 2. The van der Waals surface area contributed by atoms with E-state index in [0.29, 0.717) is 6.07 Å². The lowest BCUT2D eigenvalue weighted by molar-refractivity contribution is -0.109. The van der Waals surface area contributed by atoms with Crippen LogP contribution in [0.5, 0.6) is 0 Å². The molecule has 0 saturated heterocycles. The lowest BCUT2D eigenvalue weighted by Crippen LogP contribution is -2.23. The molecule has 0 spiro atoms. The van der Waals surface area contributed by atoms with E-state index in [2.05, 4.69) is 0 Å². The summed E-state index contributed by atoms with van der Waals surface area (Å²) in [5, 5.41) is 27.8. The fraction of sp³-hybridized carbons (Fsp3) is 0.333. The highest BCUT2D eigenvalue weighted by atomic mass is 32.2. The van der Waals surface area contributed by atoms with Crippen LogP contribution in [-0.2, 0) is 4.79 Å². The zero-order chi connectivity index (χ0) is 15.4. The van der Waals surface area contributed by atoms with E-state index >= 15 is 0 Å². The van der Waals surface area contributed by atoms with Crippen molar-refractivity contribution in [2.45, 2.75) is 19.1 Å². The maximum atomic E-state index is 13.8. The lowest BCUT2D eigenvalue weighted by atomic mass is 10.0. The molecule has 2 unspecified atom stereocenters. The summed E-state index contributed by atoms with van der Waals surface area (Å²) >= 11 is 0.720. The van der Waals surface area contributed by atoms with Gasteiger partial charge in [-0.1, -0.05) is 17.8 Å². The first-order valence-corrected chi connectivity index (χ1v) is 6.45. The Kier molecular flexibility index (Phi) is 5.61. The number of rotatable bonds is 5. The van der Waals surface area contributed by atoms with Gasteiger partial charge in [0.2, 0.25) is 0 Å². The van der Waals surface area contributed by atoms with Crippen molar-refractivity contribution in [3.05, 3.63) is 34.9 Å². The SMILES string of the molecule is CC(=O)SCC(O)C(O)c1ccc(F)c(C(=O)O)c1F. The van der Waals surface area contributed by atoms with Gasteiger partial charge in [-0.05, 0) is 6.07 Å². The summed E-state index contributed by atoms with van der Waals surface area (Å²) in [7, 11) is 0. The van der Waals surface area contributed by atoms with Crippen LogP contribution in [0, 0.1) is 11.6 Å². The zero-order valence-corrected chi connectivity index (χ0v) is 11.2. The Morgan fingerprint density at radius 3 is 2.40 bits per heavy atom. The molecule has 1 aromatic carbocycles. The number of hydrogen-bond acceptors (Lipinski definition) is 5. The highest BCUT2D eigenvalue weighted by molar-refractivity contribution is 8.13. The smallest absolute Gasteiger partial charge is 0.341 e. The Hall–Kier alpha value is -1.51. The van der Waals surface area contributed by atoms with Crippen LogP contribution < -0.4 is 0 Å². The third-order valence-electron chi connectivity index (χ3n) is 2.48. The first-order valence-electron chi connectivity index (χ1n) is 5.46. The van der Waals surface area contributed by atoms with Gasteiger partial charge in [0.25, 0.3) is 0 Å². The number of aliphatic hydroxyl groups excluding tert-OH is 2. The van der Waals surface area contributed by atoms with E-state index in [4.69, 9.17) is 5.11 Å². The molecule has 8 heteroatoms. The molecule has 0 bridgehead atoms. The van der Waals surface area contributed by atoms with Crippen molar-refractivity contribution >= 4 is 22.8 Å². The van der Waals surface area contributed by atoms with Crippen LogP contribution in [0.1, 0.15) is 28.9 Å². The van der Waals surface area contributed by atoms with Gasteiger partial charge in [0.15, 0.2) is 5.12 Å². The molecule has 1 aromatic rings. The first kappa shape index (κ1) is 16.5. The van der Waals surface area contributed by atoms with Crippen LogP contribution in [0.3, 0.4) is 0 Å². The molecule has 2 atom stereocenters. The summed E-state index contributed by atoms with van der Waals surface area (Å²) < 4.78 is 27.0. The Morgan fingerprint density at radius 1 is 1.30 bits per heavy atom. The minimum absolute atomic E-state index is 0.199. The molecule has 0 heterocycles. The van der Waals surface area contributed by atoms with Gasteiger partial charge in [-0.25, -0.2) is 13.6 Å². The number of carbonyl (C=O) groups is 2. The average molecular weight is 306 g/mol. The molecular weight excluding hydrogens is 294 g/mol. The molecule has 5 nitrogen and oxygen atoms in total. The number of aromatic carboxylic acids is 1. The second-order valence-electron chi connectivity index (χ2n) is 3.95. The first-order chi connectivity index (χ1) is 9.25. The van der Waals surface area contributed by atoms with Gasteiger partial charge in [-0.15, -0.1) is 0 Å². The van der Waals surface area contributed by atoms with Crippen molar-refractivity contribution in [2.75, 3.05) is 5.75 Å². The van der Waals surface area contributed by atoms with E-state index in [1.54, 1.807) is 0 Å². The van der Waals surface area contributed by atoms with Crippen molar-refractivity contribution in [1.82, 2.24) is 0 Å². The average Bonchev–Trinajstić information content (AvgIpc) is 2.34. The highest BCUT2D eigenvalue weighted by Gasteiger charge is 2.27. The van der Waals surface area contributed by atoms with Gasteiger partial charge in [0.1, 0.15) is 23.3 Å². The fourth-order valence-electron chi connectivity index (χ4n) is 1.49. The third kappa shape index (κ3) is 3.75. The van der Waals surface area contributed by atoms with Gasteiger partial charge in [0.05, 0.1) is 6.10 Å². The number of thioether (sulfide) groups is 1. The number of halogens is 2. The lowest BCUT2D eigenvalue weighted by Gasteiger charge is -2.18. The standard InChI is InChI=1S/C12H12F2O5S/c1-5(15)20-4-8(16)11(17)6-2-3-7(13)9(10(6)14)12(18)19/h2-3,8,11,16-17H,4H2,1H3,(H,18,19). The molecule has 1 rings (SSSR count). The summed E-state index contributed by atoms with van der Waals surface area (Å²) in [6.45, 7) is 1.25. The number of hydrogen-bond donors (Lipinski definition) is 3. The molecule has 0 saturated carbocycles. The van der Waals surface area contributed by atoms with Crippen LogP contribution in [0.2, 0.25) is 0 Å². The van der Waals surface area contributed by atoms with Crippen molar-refractivity contribution in [1.29, 1.82) is 0 Å². The van der Waals surface area contributed by atoms with Crippen molar-refractivity contribution in [2.24, 2.45) is 0 Å². The Morgan fingerprint density at radius 2 is 1.90 bits per heavy atom. The second-order valence-corrected chi connectivity index (χ2v) is 5.14. The highest BCUT2D eigenvalue weighted by Crippen LogP contribution is 2.26. The summed E-state index contributed by atoms with van der Waals surface area (Å²) in [4.78, 5) is 21.5. The van der Waals surface area contributed by atoms with E-state index in [1.165, 1.54) is 6.92 Å². The van der Waals surface area contributed by atoms with Crippen LogP contribution in [0.4, 0.5) is 8.78 Å². The van der Waals surface area contributed by atoms with Gasteiger partial charge >= 0.3 is 5.97 Å². The normalized spacial score (nSPS) is 13.8. The van der Waals surface area contributed by atoms with Crippen molar-refractivity contribution in [3.8, 4) is 0 Å². The maximum absolute atomic E-state index is 13.8. The minimum atomic E-state index is -1.82. The van der Waals surface area contributed by atoms with Crippen LogP contribution in [-0.4, -0.2) is 38.3 Å². The quantitative estimate of drug-likeness (QED) is 0.760. The third-order valence-corrected chi connectivity index (χ3v) is 3.39. The molecule has 0 aliphatic heterocycles. The van der Waals surface area contributed by atoms with Gasteiger partial charge in [-0.3, -0.25) is 4.79 Å². The van der Waals surface area contributed by atoms with E-state index in [9.17, 15) is 28.6 Å². The monoisotopic (exact) mass is 306 g/mol. The number of benzene rings is 1. The van der Waals surface area contributed by atoms with Crippen LogP contribution in [0.25, 0.3) is 0 Å². The van der Waals surface area contributed by atoms with Gasteiger partial charge in [-0.2, -0.15) is 0 Å². The van der Waals surface area contributed by atoms with E-state index in [-0.39, 0.29) is 10.9 Å².